The predicted molar refractivity (Wildman–Crippen MR) is 73.7 cm³/mol. The van der Waals surface area contributed by atoms with Gasteiger partial charge in [-0.25, -0.2) is 0 Å². The molecule has 0 saturated carbocycles. The molecule has 2 saturated heterocycles. The Kier molecular flexibility index (Phi) is 2.61. The Morgan fingerprint density at radius 2 is 2.37 bits per heavy atom. The Morgan fingerprint density at radius 1 is 1.42 bits per heavy atom. The summed E-state index contributed by atoms with van der Waals surface area (Å²) in [4.78, 5) is 0. The lowest BCUT2D eigenvalue weighted by Crippen LogP contribution is -2.62. The number of nitrogens with one attached hydrogen (secondary N) is 1. The van der Waals surface area contributed by atoms with Gasteiger partial charge in [0.1, 0.15) is 5.75 Å². The summed E-state index contributed by atoms with van der Waals surface area (Å²) in [5.74, 6) is 1.71. The third-order valence-electron chi connectivity index (χ3n) is 5.40. The maximum absolute atomic E-state index is 5.88. The summed E-state index contributed by atoms with van der Waals surface area (Å²) < 4.78 is 11.3. The van der Waals surface area contributed by atoms with Gasteiger partial charge in [-0.15, -0.1) is 0 Å². The topological polar surface area (TPSA) is 30.5 Å². The van der Waals surface area contributed by atoms with Gasteiger partial charge in [-0.3, -0.25) is 0 Å². The number of benzene rings is 1. The van der Waals surface area contributed by atoms with Crippen molar-refractivity contribution in [3.05, 3.63) is 29.3 Å². The Morgan fingerprint density at radius 3 is 3.26 bits per heavy atom. The van der Waals surface area contributed by atoms with Crippen LogP contribution in [0.15, 0.2) is 18.2 Å². The van der Waals surface area contributed by atoms with Crippen LogP contribution < -0.4 is 10.1 Å². The van der Waals surface area contributed by atoms with Crippen molar-refractivity contribution in [1.82, 2.24) is 5.32 Å². The highest BCUT2D eigenvalue weighted by Crippen LogP contribution is 2.50. The van der Waals surface area contributed by atoms with E-state index in [2.05, 4.69) is 23.5 Å². The Bertz CT molecular complexity index is 498. The fourth-order valence-corrected chi connectivity index (χ4v) is 4.50. The lowest BCUT2D eigenvalue weighted by molar-refractivity contribution is -0.0436. The Balaban J connectivity index is 1.88. The highest BCUT2D eigenvalue weighted by Gasteiger charge is 2.52. The van der Waals surface area contributed by atoms with E-state index in [0.29, 0.717) is 6.04 Å². The van der Waals surface area contributed by atoms with E-state index in [9.17, 15) is 0 Å². The van der Waals surface area contributed by atoms with Crippen molar-refractivity contribution in [3.63, 3.8) is 0 Å². The van der Waals surface area contributed by atoms with E-state index in [0.717, 1.165) is 37.8 Å². The SMILES string of the molecule is COc1ccc2c(c1)[C@]13CCN[C@H](C2)[C@@H]1CCOC3. The molecular weight excluding hydrogens is 238 g/mol. The second-order valence-corrected chi connectivity index (χ2v) is 6.14. The predicted octanol–water partition coefficient (Wildman–Crippen LogP) is 1.89. The van der Waals surface area contributed by atoms with Crippen LogP contribution in [-0.2, 0) is 16.6 Å². The third-order valence-corrected chi connectivity index (χ3v) is 5.40. The molecule has 2 heterocycles. The second kappa shape index (κ2) is 4.22. The van der Waals surface area contributed by atoms with Crippen LogP contribution in [0, 0.1) is 5.92 Å². The Hall–Kier alpha value is -1.06. The standard InChI is InChI=1S/C16H21NO2/c1-18-12-3-2-11-8-15-13-4-7-19-10-16(13,5-6-17-15)14(11)9-12/h2-3,9,13,15,17H,4-8,10H2,1H3/t13-,15+,16-/m0/s1. The summed E-state index contributed by atoms with van der Waals surface area (Å²) in [5, 5.41) is 3.73. The molecule has 0 aromatic heterocycles. The molecule has 0 amide bonds. The van der Waals surface area contributed by atoms with Crippen LogP contribution in [0.1, 0.15) is 24.0 Å². The van der Waals surface area contributed by atoms with Crippen molar-refractivity contribution in [2.45, 2.75) is 30.7 Å². The van der Waals surface area contributed by atoms with Gasteiger partial charge in [0.15, 0.2) is 0 Å². The molecule has 3 aliphatic rings. The molecule has 1 aromatic carbocycles. The fraction of sp³-hybridized carbons (Fsp3) is 0.625. The van der Waals surface area contributed by atoms with E-state index in [4.69, 9.17) is 9.47 Å². The average molecular weight is 259 g/mol. The lowest BCUT2D eigenvalue weighted by atomic mass is 9.56. The minimum atomic E-state index is 0.232. The monoisotopic (exact) mass is 259 g/mol. The van der Waals surface area contributed by atoms with E-state index in [1.54, 1.807) is 7.11 Å². The molecule has 1 aromatic rings. The van der Waals surface area contributed by atoms with Crippen LogP contribution >= 0.6 is 0 Å². The molecule has 3 nitrogen and oxygen atoms in total. The van der Waals surface area contributed by atoms with Crippen LogP contribution in [0.3, 0.4) is 0 Å². The molecule has 102 valence electrons. The number of methoxy groups -OCH3 is 1. The van der Waals surface area contributed by atoms with Crippen LogP contribution in [0.4, 0.5) is 0 Å². The van der Waals surface area contributed by atoms with Crippen molar-refractivity contribution < 1.29 is 9.47 Å². The molecule has 2 bridgehead atoms. The normalized spacial score (nSPS) is 36.3. The third kappa shape index (κ3) is 1.58. The number of fused-ring (bicyclic) bond motifs is 1. The molecule has 0 spiro atoms. The van der Waals surface area contributed by atoms with Crippen molar-refractivity contribution >= 4 is 0 Å². The minimum absolute atomic E-state index is 0.232. The van der Waals surface area contributed by atoms with Crippen LogP contribution in [0.2, 0.25) is 0 Å². The van der Waals surface area contributed by atoms with Crippen molar-refractivity contribution in [2.24, 2.45) is 5.92 Å². The molecular formula is C16H21NO2. The first-order valence-corrected chi connectivity index (χ1v) is 7.32. The summed E-state index contributed by atoms with van der Waals surface area (Å²) in [7, 11) is 1.75. The minimum Gasteiger partial charge on any atom is -0.497 e. The quantitative estimate of drug-likeness (QED) is 0.835. The van der Waals surface area contributed by atoms with E-state index in [1.165, 1.54) is 24.0 Å². The Labute approximate surface area is 114 Å². The van der Waals surface area contributed by atoms with Gasteiger partial charge in [0.2, 0.25) is 0 Å². The smallest absolute Gasteiger partial charge is 0.119 e. The number of hydrogen-bond acceptors (Lipinski definition) is 3. The largest absolute Gasteiger partial charge is 0.497 e. The molecule has 3 heteroatoms. The summed E-state index contributed by atoms with van der Waals surface area (Å²) in [6.07, 6.45) is 3.54. The van der Waals surface area contributed by atoms with Crippen LogP contribution in [-0.4, -0.2) is 32.9 Å². The first-order chi connectivity index (χ1) is 9.33. The van der Waals surface area contributed by atoms with Gasteiger partial charge in [-0.1, -0.05) is 6.07 Å². The van der Waals surface area contributed by atoms with Crippen molar-refractivity contribution in [2.75, 3.05) is 26.9 Å². The maximum atomic E-state index is 5.88. The number of piperidine rings is 1. The van der Waals surface area contributed by atoms with E-state index in [1.807, 2.05) is 0 Å². The molecule has 2 aliphatic heterocycles. The highest BCUT2D eigenvalue weighted by atomic mass is 16.5. The summed E-state index contributed by atoms with van der Waals surface area (Å²) in [6, 6.07) is 7.24. The van der Waals surface area contributed by atoms with Gasteiger partial charge in [0.25, 0.3) is 0 Å². The van der Waals surface area contributed by atoms with E-state index in [-0.39, 0.29) is 5.41 Å². The summed E-state index contributed by atoms with van der Waals surface area (Å²) in [5.41, 5.74) is 3.21. The van der Waals surface area contributed by atoms with Crippen LogP contribution in [0.5, 0.6) is 5.75 Å². The molecule has 0 unspecified atom stereocenters. The molecule has 2 fully saturated rings. The van der Waals surface area contributed by atoms with E-state index >= 15 is 0 Å². The molecule has 19 heavy (non-hydrogen) atoms. The first-order valence-electron chi connectivity index (χ1n) is 7.32. The first kappa shape index (κ1) is 11.7. The zero-order valence-corrected chi connectivity index (χ0v) is 11.4. The van der Waals surface area contributed by atoms with Gasteiger partial charge in [0.05, 0.1) is 13.7 Å². The maximum Gasteiger partial charge on any atom is 0.119 e. The average Bonchev–Trinajstić information content (AvgIpc) is 2.47. The lowest BCUT2D eigenvalue weighted by Gasteiger charge is -2.55. The molecule has 3 atom stereocenters. The number of ether oxygens (including phenoxy) is 2. The molecule has 1 N–H and O–H groups in total. The van der Waals surface area contributed by atoms with Crippen molar-refractivity contribution in [3.8, 4) is 5.75 Å². The zero-order valence-electron chi connectivity index (χ0n) is 11.4. The van der Waals surface area contributed by atoms with Crippen LogP contribution in [0.25, 0.3) is 0 Å². The zero-order chi connectivity index (χ0) is 12.9. The molecule has 1 aliphatic carbocycles. The van der Waals surface area contributed by atoms with Gasteiger partial charge in [0, 0.05) is 18.1 Å². The number of rotatable bonds is 1. The molecule has 4 rings (SSSR count). The summed E-state index contributed by atoms with van der Waals surface area (Å²) >= 11 is 0. The summed E-state index contributed by atoms with van der Waals surface area (Å²) in [6.45, 7) is 2.92. The van der Waals surface area contributed by atoms with E-state index < -0.39 is 0 Å². The van der Waals surface area contributed by atoms with Gasteiger partial charge in [-0.2, -0.15) is 0 Å². The number of hydrogen-bond donors (Lipinski definition) is 1. The van der Waals surface area contributed by atoms with Gasteiger partial charge >= 0.3 is 0 Å². The van der Waals surface area contributed by atoms with Gasteiger partial charge < -0.3 is 14.8 Å². The van der Waals surface area contributed by atoms with Gasteiger partial charge in [-0.05, 0) is 55.0 Å². The second-order valence-electron chi connectivity index (χ2n) is 6.14. The van der Waals surface area contributed by atoms with Crippen molar-refractivity contribution in [1.29, 1.82) is 0 Å². The fourth-order valence-electron chi connectivity index (χ4n) is 4.50. The molecule has 0 radical (unpaired) electrons. The highest BCUT2D eigenvalue weighted by molar-refractivity contribution is 5.45.